The fraction of sp³-hybridized carbons (Fsp3) is 0.640. The largest absolute Gasteiger partial charge is 0.468 e. The van der Waals surface area contributed by atoms with Gasteiger partial charge in [-0.2, -0.15) is 0 Å². The molecule has 0 radical (unpaired) electrons. The van der Waals surface area contributed by atoms with Crippen molar-refractivity contribution in [1.29, 1.82) is 0 Å². The highest BCUT2D eigenvalue weighted by Crippen LogP contribution is 2.37. The first kappa shape index (κ1) is 23.9. The Morgan fingerprint density at radius 1 is 1.19 bits per heavy atom. The smallest absolute Gasteiger partial charge is 0.319 e. The second-order valence-corrected chi connectivity index (χ2v) is 10.1. The molecule has 2 heterocycles. The number of carbonyl (C=O) groups excluding carboxylic acids is 1. The zero-order valence-electron chi connectivity index (χ0n) is 19.7. The number of nitrogens with one attached hydrogen (secondary N) is 1. The molecule has 0 bridgehead atoms. The van der Waals surface area contributed by atoms with Gasteiger partial charge >= 0.3 is 5.97 Å². The predicted molar refractivity (Wildman–Crippen MR) is 130 cm³/mol. The molecular formula is C25H38ClN3O2. The van der Waals surface area contributed by atoms with E-state index >= 15 is 0 Å². The quantitative estimate of drug-likeness (QED) is 0.451. The summed E-state index contributed by atoms with van der Waals surface area (Å²) >= 11 is 6.57. The van der Waals surface area contributed by atoms with Crippen molar-refractivity contribution < 1.29 is 9.53 Å². The number of benzene rings is 1. The number of esters is 1. The van der Waals surface area contributed by atoms with E-state index in [0.29, 0.717) is 18.4 Å². The molecule has 1 aliphatic heterocycles. The van der Waals surface area contributed by atoms with Crippen LogP contribution < -0.4 is 4.90 Å². The molecule has 3 rings (SSSR count). The molecule has 6 heteroatoms. The SMILES string of the molecule is COC(=O)CN1CCC[C@H]1c1cc2cc(Cl)cc(N(CCC(C)C)CCC(C)C)c2[nH]1. The molecule has 1 N–H and O–H groups in total. The molecule has 0 aliphatic carbocycles. The van der Waals surface area contributed by atoms with Gasteiger partial charge in [-0.25, -0.2) is 0 Å². The van der Waals surface area contributed by atoms with Crippen LogP contribution in [0.5, 0.6) is 0 Å². The fourth-order valence-corrected chi connectivity index (χ4v) is 4.64. The first-order valence-corrected chi connectivity index (χ1v) is 12.0. The minimum atomic E-state index is -0.180. The van der Waals surface area contributed by atoms with Crippen molar-refractivity contribution in [3.05, 3.63) is 28.9 Å². The average molecular weight is 448 g/mol. The summed E-state index contributed by atoms with van der Waals surface area (Å²) in [5.41, 5.74) is 3.50. The first-order chi connectivity index (χ1) is 14.8. The number of aromatic nitrogens is 1. The molecule has 1 saturated heterocycles. The normalized spacial score (nSPS) is 17.2. The van der Waals surface area contributed by atoms with Gasteiger partial charge < -0.3 is 14.6 Å². The number of nitrogens with zero attached hydrogens (tertiary/aromatic N) is 2. The van der Waals surface area contributed by atoms with Crippen molar-refractivity contribution in [3.8, 4) is 0 Å². The number of likely N-dealkylation sites (tertiary alicyclic amines) is 1. The Bertz CT molecular complexity index is 865. The van der Waals surface area contributed by atoms with Gasteiger partial charge in [-0.15, -0.1) is 0 Å². The number of hydrogen-bond donors (Lipinski definition) is 1. The average Bonchev–Trinajstić information content (AvgIpc) is 3.33. The van der Waals surface area contributed by atoms with Gasteiger partial charge in [-0.05, 0) is 62.3 Å². The summed E-state index contributed by atoms with van der Waals surface area (Å²) in [5, 5.41) is 1.91. The van der Waals surface area contributed by atoms with Crippen LogP contribution in [-0.4, -0.2) is 49.1 Å². The lowest BCUT2D eigenvalue weighted by Crippen LogP contribution is -2.30. The molecule has 0 spiro atoms. The second kappa shape index (κ2) is 10.7. The van der Waals surface area contributed by atoms with Gasteiger partial charge in [-0.3, -0.25) is 9.69 Å². The van der Waals surface area contributed by atoms with Crippen LogP contribution in [0.1, 0.15) is 65.1 Å². The number of fused-ring (bicyclic) bond motifs is 1. The highest BCUT2D eigenvalue weighted by Gasteiger charge is 2.29. The van der Waals surface area contributed by atoms with Crippen LogP contribution in [0.3, 0.4) is 0 Å². The van der Waals surface area contributed by atoms with Crippen LogP contribution in [0.4, 0.5) is 5.69 Å². The zero-order chi connectivity index (χ0) is 22.5. The van der Waals surface area contributed by atoms with Gasteiger partial charge in [0.1, 0.15) is 0 Å². The zero-order valence-corrected chi connectivity index (χ0v) is 20.5. The number of halogens is 1. The molecule has 172 valence electrons. The van der Waals surface area contributed by atoms with Crippen LogP contribution in [0.2, 0.25) is 5.02 Å². The molecular weight excluding hydrogens is 410 g/mol. The van der Waals surface area contributed by atoms with Crippen LogP contribution in [0.15, 0.2) is 18.2 Å². The van der Waals surface area contributed by atoms with Gasteiger partial charge in [0, 0.05) is 29.2 Å². The van der Waals surface area contributed by atoms with Gasteiger partial charge in [0.15, 0.2) is 0 Å². The summed E-state index contributed by atoms with van der Waals surface area (Å²) in [6.45, 7) is 12.4. The predicted octanol–water partition coefficient (Wildman–Crippen LogP) is 6.03. The van der Waals surface area contributed by atoms with E-state index in [0.717, 1.165) is 66.9 Å². The van der Waals surface area contributed by atoms with E-state index in [4.69, 9.17) is 16.3 Å². The number of ether oxygens (including phenoxy) is 1. The Kier molecular flexibility index (Phi) is 8.29. The summed E-state index contributed by atoms with van der Waals surface area (Å²) in [6, 6.07) is 6.57. The van der Waals surface area contributed by atoms with Crippen molar-refractivity contribution in [2.24, 2.45) is 11.8 Å². The molecule has 31 heavy (non-hydrogen) atoms. The third kappa shape index (κ3) is 6.17. The van der Waals surface area contributed by atoms with E-state index in [1.807, 2.05) is 6.07 Å². The lowest BCUT2D eigenvalue weighted by atomic mass is 10.1. The summed E-state index contributed by atoms with van der Waals surface area (Å²) < 4.78 is 4.90. The number of aromatic amines is 1. The topological polar surface area (TPSA) is 48.6 Å². The minimum absolute atomic E-state index is 0.180. The molecule has 0 amide bonds. The number of anilines is 1. The van der Waals surface area contributed by atoms with Gasteiger partial charge in [-0.1, -0.05) is 39.3 Å². The lowest BCUT2D eigenvalue weighted by Gasteiger charge is -2.27. The molecule has 1 atom stereocenters. The number of carbonyl (C=O) groups is 1. The molecule has 1 fully saturated rings. The first-order valence-electron chi connectivity index (χ1n) is 11.7. The molecule has 1 aliphatic rings. The number of methoxy groups -OCH3 is 1. The summed E-state index contributed by atoms with van der Waals surface area (Å²) in [7, 11) is 1.45. The van der Waals surface area contributed by atoms with Crippen molar-refractivity contribution >= 4 is 34.2 Å². The van der Waals surface area contributed by atoms with Crippen LogP contribution in [0.25, 0.3) is 10.9 Å². The van der Waals surface area contributed by atoms with Crippen LogP contribution in [-0.2, 0) is 9.53 Å². The maximum absolute atomic E-state index is 11.9. The fourth-order valence-electron chi connectivity index (χ4n) is 4.42. The Balaban J connectivity index is 1.94. The third-order valence-electron chi connectivity index (χ3n) is 6.27. The minimum Gasteiger partial charge on any atom is -0.468 e. The van der Waals surface area contributed by atoms with E-state index in [-0.39, 0.29) is 12.0 Å². The highest BCUT2D eigenvalue weighted by atomic mass is 35.5. The summed E-state index contributed by atoms with van der Waals surface area (Å²) in [6.07, 6.45) is 4.42. The Labute approximate surface area is 192 Å². The molecule has 2 aromatic rings. The number of rotatable bonds is 10. The molecule has 5 nitrogen and oxygen atoms in total. The van der Waals surface area contributed by atoms with Gasteiger partial charge in [0.25, 0.3) is 0 Å². The van der Waals surface area contributed by atoms with Crippen molar-refractivity contribution in [1.82, 2.24) is 9.88 Å². The van der Waals surface area contributed by atoms with E-state index < -0.39 is 0 Å². The third-order valence-corrected chi connectivity index (χ3v) is 6.49. The Hall–Kier alpha value is -1.72. The molecule has 1 aromatic carbocycles. The highest BCUT2D eigenvalue weighted by molar-refractivity contribution is 6.32. The second-order valence-electron chi connectivity index (χ2n) is 9.67. The maximum Gasteiger partial charge on any atom is 0.319 e. The van der Waals surface area contributed by atoms with E-state index in [1.165, 1.54) is 12.8 Å². The van der Waals surface area contributed by atoms with Crippen LogP contribution in [0, 0.1) is 11.8 Å². The molecule has 0 saturated carbocycles. The maximum atomic E-state index is 11.9. The van der Waals surface area contributed by atoms with Gasteiger partial charge in [0.05, 0.1) is 30.9 Å². The Morgan fingerprint density at radius 2 is 1.87 bits per heavy atom. The summed E-state index contributed by atoms with van der Waals surface area (Å²) in [4.78, 5) is 20.3. The number of H-pyrrole nitrogens is 1. The van der Waals surface area contributed by atoms with Crippen LogP contribution >= 0.6 is 11.6 Å². The van der Waals surface area contributed by atoms with E-state index in [2.05, 4.69) is 54.6 Å². The van der Waals surface area contributed by atoms with Gasteiger partial charge in [0.2, 0.25) is 0 Å². The van der Waals surface area contributed by atoms with E-state index in [1.54, 1.807) is 0 Å². The summed E-state index contributed by atoms with van der Waals surface area (Å²) in [5.74, 6) is 1.13. The van der Waals surface area contributed by atoms with Crippen molar-refractivity contribution in [2.75, 3.05) is 38.2 Å². The lowest BCUT2D eigenvalue weighted by molar-refractivity contribution is -0.142. The van der Waals surface area contributed by atoms with Crippen molar-refractivity contribution in [3.63, 3.8) is 0 Å². The van der Waals surface area contributed by atoms with Crippen molar-refractivity contribution in [2.45, 2.75) is 59.4 Å². The molecule has 1 aromatic heterocycles. The monoisotopic (exact) mass is 447 g/mol. The number of hydrogen-bond acceptors (Lipinski definition) is 4. The Morgan fingerprint density at radius 3 is 2.48 bits per heavy atom. The standard InChI is InChI=1S/C25H38ClN3O2/c1-17(2)8-11-28(12-9-18(3)4)23-15-20(26)13-19-14-21(27-25(19)23)22-7-6-10-29(22)16-24(30)31-5/h13-15,17-18,22,27H,6-12,16H2,1-5H3/t22-/m0/s1. The van der Waals surface area contributed by atoms with E-state index in [9.17, 15) is 4.79 Å². The molecule has 0 unspecified atom stereocenters.